The maximum Gasteiger partial charge on any atom is 0.104 e. The van der Waals surface area contributed by atoms with Gasteiger partial charge in [0.15, 0.2) is 0 Å². The Balaban J connectivity index is 1.71. The minimum atomic E-state index is 0.242. The van der Waals surface area contributed by atoms with Gasteiger partial charge in [0.25, 0.3) is 0 Å². The minimum Gasteiger partial charge on any atom is -0.371 e. The fourth-order valence-electron chi connectivity index (χ4n) is 2.51. The third-order valence-corrected chi connectivity index (χ3v) is 3.88. The largest absolute Gasteiger partial charge is 0.371 e. The molecule has 2 rings (SSSR count). The van der Waals surface area contributed by atoms with E-state index in [-0.39, 0.29) is 6.10 Å². The zero-order valence-corrected chi connectivity index (χ0v) is 12.7. The molecule has 1 saturated heterocycles. The van der Waals surface area contributed by atoms with Crippen LogP contribution in [0.1, 0.15) is 63.5 Å². The molecular formula is C18H28O2. The highest BCUT2D eigenvalue weighted by Gasteiger charge is 2.24. The number of unbranched alkanes of at least 4 members (excludes halogenated alkanes) is 5. The predicted molar refractivity (Wildman–Crippen MR) is 82.9 cm³/mol. The summed E-state index contributed by atoms with van der Waals surface area (Å²) in [6.07, 6.45) is 9.74. The fourth-order valence-corrected chi connectivity index (χ4v) is 2.51. The zero-order valence-electron chi connectivity index (χ0n) is 12.7. The molecule has 112 valence electrons. The number of hydrogen-bond acceptors (Lipinski definition) is 2. The quantitative estimate of drug-likeness (QED) is 0.424. The molecule has 0 radical (unpaired) electrons. The highest BCUT2D eigenvalue weighted by molar-refractivity contribution is 5.17. The normalized spacial score (nSPS) is 18.9. The number of rotatable bonds is 11. The van der Waals surface area contributed by atoms with Gasteiger partial charge in [0, 0.05) is 0 Å². The summed E-state index contributed by atoms with van der Waals surface area (Å²) in [5.41, 5.74) is 1.31. The SMILES string of the molecule is CCCCCCCCC(OCC1CO1)c1ccccc1. The van der Waals surface area contributed by atoms with Gasteiger partial charge in [0.2, 0.25) is 0 Å². The van der Waals surface area contributed by atoms with Crippen molar-refractivity contribution in [2.45, 2.75) is 64.1 Å². The molecule has 2 unspecified atom stereocenters. The molecule has 1 aromatic rings. The molecule has 0 bridgehead atoms. The van der Waals surface area contributed by atoms with Crippen LogP contribution >= 0.6 is 0 Å². The van der Waals surface area contributed by atoms with Crippen molar-refractivity contribution in [1.82, 2.24) is 0 Å². The molecule has 2 atom stereocenters. The van der Waals surface area contributed by atoms with Crippen LogP contribution in [-0.2, 0) is 9.47 Å². The average molecular weight is 276 g/mol. The van der Waals surface area contributed by atoms with Crippen LogP contribution in [0, 0.1) is 0 Å². The second-order valence-electron chi connectivity index (χ2n) is 5.74. The molecule has 0 saturated carbocycles. The van der Waals surface area contributed by atoms with E-state index in [4.69, 9.17) is 9.47 Å². The van der Waals surface area contributed by atoms with Crippen LogP contribution < -0.4 is 0 Å². The zero-order chi connectivity index (χ0) is 14.0. The second kappa shape index (κ2) is 9.15. The Morgan fingerprint density at radius 2 is 1.80 bits per heavy atom. The topological polar surface area (TPSA) is 21.8 Å². The fraction of sp³-hybridized carbons (Fsp3) is 0.667. The van der Waals surface area contributed by atoms with Gasteiger partial charge in [-0.1, -0.05) is 75.8 Å². The van der Waals surface area contributed by atoms with Crippen LogP contribution in [0.15, 0.2) is 30.3 Å². The van der Waals surface area contributed by atoms with Crippen molar-refractivity contribution in [2.75, 3.05) is 13.2 Å². The summed E-state index contributed by atoms with van der Waals surface area (Å²) < 4.78 is 11.3. The Kier molecular flexibility index (Phi) is 7.10. The molecule has 1 aliphatic rings. The maximum absolute atomic E-state index is 6.05. The van der Waals surface area contributed by atoms with E-state index in [1.54, 1.807) is 0 Å². The van der Waals surface area contributed by atoms with Crippen LogP contribution in [0.25, 0.3) is 0 Å². The smallest absolute Gasteiger partial charge is 0.104 e. The predicted octanol–water partition coefficient (Wildman–Crippen LogP) is 4.89. The molecule has 0 spiro atoms. The summed E-state index contributed by atoms with van der Waals surface area (Å²) >= 11 is 0. The Morgan fingerprint density at radius 1 is 1.10 bits per heavy atom. The van der Waals surface area contributed by atoms with E-state index in [0.29, 0.717) is 6.10 Å². The van der Waals surface area contributed by atoms with Crippen LogP contribution in [0.3, 0.4) is 0 Å². The van der Waals surface area contributed by atoms with E-state index in [2.05, 4.69) is 37.3 Å². The third kappa shape index (κ3) is 6.06. The van der Waals surface area contributed by atoms with E-state index in [1.807, 2.05) is 0 Å². The van der Waals surface area contributed by atoms with Crippen molar-refractivity contribution in [1.29, 1.82) is 0 Å². The first kappa shape index (κ1) is 15.5. The van der Waals surface area contributed by atoms with Gasteiger partial charge in [0.05, 0.1) is 19.3 Å². The van der Waals surface area contributed by atoms with Gasteiger partial charge < -0.3 is 9.47 Å². The monoisotopic (exact) mass is 276 g/mol. The first-order valence-electron chi connectivity index (χ1n) is 8.18. The highest BCUT2D eigenvalue weighted by atomic mass is 16.6. The molecule has 2 nitrogen and oxygen atoms in total. The maximum atomic E-state index is 6.05. The Labute approximate surface area is 123 Å². The molecule has 1 aromatic carbocycles. The average Bonchev–Trinajstić information content (AvgIpc) is 3.31. The molecule has 20 heavy (non-hydrogen) atoms. The molecule has 0 aromatic heterocycles. The molecule has 0 N–H and O–H groups in total. The van der Waals surface area contributed by atoms with Crippen LogP contribution in [-0.4, -0.2) is 19.3 Å². The molecular weight excluding hydrogens is 248 g/mol. The summed E-state index contributed by atoms with van der Waals surface area (Å²) in [5.74, 6) is 0. The summed E-state index contributed by atoms with van der Waals surface area (Å²) in [5, 5.41) is 0. The second-order valence-corrected chi connectivity index (χ2v) is 5.74. The highest BCUT2D eigenvalue weighted by Crippen LogP contribution is 2.25. The van der Waals surface area contributed by atoms with Gasteiger partial charge in [0.1, 0.15) is 6.10 Å². The van der Waals surface area contributed by atoms with E-state index in [0.717, 1.165) is 19.6 Å². The van der Waals surface area contributed by atoms with Crippen LogP contribution in [0.4, 0.5) is 0 Å². The van der Waals surface area contributed by atoms with Gasteiger partial charge in [-0.25, -0.2) is 0 Å². The third-order valence-electron chi connectivity index (χ3n) is 3.88. The van der Waals surface area contributed by atoms with E-state index < -0.39 is 0 Å². The lowest BCUT2D eigenvalue weighted by molar-refractivity contribution is 0.0346. The molecule has 1 heterocycles. The molecule has 0 amide bonds. The molecule has 2 heteroatoms. The van der Waals surface area contributed by atoms with Crippen molar-refractivity contribution < 1.29 is 9.47 Å². The van der Waals surface area contributed by atoms with Crippen molar-refractivity contribution in [3.8, 4) is 0 Å². The summed E-state index contributed by atoms with van der Waals surface area (Å²) in [7, 11) is 0. The number of epoxide rings is 1. The van der Waals surface area contributed by atoms with Crippen molar-refractivity contribution in [3.05, 3.63) is 35.9 Å². The van der Waals surface area contributed by atoms with Crippen LogP contribution in [0.5, 0.6) is 0 Å². The van der Waals surface area contributed by atoms with Gasteiger partial charge in [-0.3, -0.25) is 0 Å². The number of ether oxygens (including phenoxy) is 2. The van der Waals surface area contributed by atoms with E-state index in [1.165, 1.54) is 44.1 Å². The van der Waals surface area contributed by atoms with Crippen molar-refractivity contribution in [2.24, 2.45) is 0 Å². The molecule has 1 fully saturated rings. The Hall–Kier alpha value is -0.860. The first-order valence-corrected chi connectivity index (χ1v) is 8.18. The van der Waals surface area contributed by atoms with Gasteiger partial charge in [-0.05, 0) is 12.0 Å². The number of benzene rings is 1. The van der Waals surface area contributed by atoms with E-state index >= 15 is 0 Å². The summed E-state index contributed by atoms with van der Waals surface area (Å²) in [6, 6.07) is 10.6. The van der Waals surface area contributed by atoms with Crippen molar-refractivity contribution >= 4 is 0 Å². The number of hydrogen-bond donors (Lipinski definition) is 0. The first-order chi connectivity index (χ1) is 9.90. The van der Waals surface area contributed by atoms with Gasteiger partial charge >= 0.3 is 0 Å². The van der Waals surface area contributed by atoms with Gasteiger partial charge in [-0.2, -0.15) is 0 Å². The molecule has 0 aliphatic carbocycles. The van der Waals surface area contributed by atoms with Crippen molar-refractivity contribution in [3.63, 3.8) is 0 Å². The summed E-state index contributed by atoms with van der Waals surface area (Å²) in [6.45, 7) is 3.88. The Bertz CT molecular complexity index is 346. The summed E-state index contributed by atoms with van der Waals surface area (Å²) in [4.78, 5) is 0. The lowest BCUT2D eigenvalue weighted by atomic mass is 10.0. The lowest BCUT2D eigenvalue weighted by Gasteiger charge is -2.18. The standard InChI is InChI=1S/C18H28O2/c1-2-3-4-5-6-10-13-18(20-15-17-14-19-17)16-11-8-7-9-12-16/h7-9,11-12,17-18H,2-6,10,13-15H2,1H3. The minimum absolute atomic E-state index is 0.242. The van der Waals surface area contributed by atoms with Crippen LogP contribution in [0.2, 0.25) is 0 Å². The lowest BCUT2D eigenvalue weighted by Crippen LogP contribution is -2.09. The Morgan fingerprint density at radius 3 is 2.50 bits per heavy atom. The molecule has 1 aliphatic heterocycles. The van der Waals surface area contributed by atoms with E-state index in [9.17, 15) is 0 Å². The van der Waals surface area contributed by atoms with Gasteiger partial charge in [-0.15, -0.1) is 0 Å².